The fraction of sp³-hybridized carbons (Fsp3) is 0.0526. The van der Waals surface area contributed by atoms with Crippen molar-refractivity contribution in [2.45, 2.75) is 24.7 Å². The van der Waals surface area contributed by atoms with E-state index in [1.807, 2.05) is 0 Å². The predicted molar refractivity (Wildman–Crippen MR) is 335 cm³/mol. The van der Waals surface area contributed by atoms with E-state index in [9.17, 15) is 0 Å². The van der Waals surface area contributed by atoms with E-state index in [1.165, 1.54) is 44.5 Å². The van der Waals surface area contributed by atoms with Gasteiger partial charge < -0.3 is 19.6 Å². The monoisotopic (exact) mass is 1030 g/mol. The molecule has 4 nitrogen and oxygen atoms in total. The summed E-state index contributed by atoms with van der Waals surface area (Å²) in [5, 5.41) is 0. The van der Waals surface area contributed by atoms with E-state index in [-0.39, 0.29) is 0 Å². The molecule has 0 saturated heterocycles. The largest absolute Gasteiger partial charge is 0.310 e. The number of fused-ring (bicyclic) bond motifs is 6. The molecule has 12 aromatic rings. The third-order valence-corrected chi connectivity index (χ3v) is 16.9. The molecule has 0 radical (unpaired) electrons. The Labute approximate surface area is 470 Å². The number of para-hydroxylation sites is 8. The summed E-state index contributed by atoms with van der Waals surface area (Å²) < 4.78 is 0. The van der Waals surface area contributed by atoms with Crippen molar-refractivity contribution in [1.82, 2.24) is 0 Å². The van der Waals surface area contributed by atoms with Crippen LogP contribution in [-0.2, 0) is 10.8 Å². The number of hydrogen-bond acceptors (Lipinski definition) is 4. The minimum atomic E-state index is -0.701. The standard InChI is InChI=1S/C76H58N4/c1-75(71-51-63(77(55-27-11-3-12-28-55)56-29-13-4-14-30-56)43-47-67(71)68-48-44-64(52-72(68)75)78(57-31-15-5-16-32-57)58-33-17-6-18-34-58)76(2)73-53-65(79(59-35-19-7-20-36-59)60-37-21-8-22-38-60)45-49-69(73)70-50-46-66(54-74(70)76)80(61-39-23-9-24-40-61)62-41-25-10-26-42-62/h3-54H,1-2H3. The summed E-state index contributed by atoms with van der Waals surface area (Å²) in [5.41, 5.74) is 21.8. The first-order valence-corrected chi connectivity index (χ1v) is 27.7. The van der Waals surface area contributed by atoms with Crippen molar-refractivity contribution in [2.24, 2.45) is 0 Å². The van der Waals surface area contributed by atoms with Crippen LogP contribution >= 0.6 is 0 Å². The number of benzene rings is 12. The van der Waals surface area contributed by atoms with Crippen LogP contribution in [-0.4, -0.2) is 0 Å². The highest BCUT2D eigenvalue weighted by molar-refractivity contribution is 5.95. The minimum Gasteiger partial charge on any atom is -0.310 e. The maximum Gasteiger partial charge on any atom is 0.0465 e. The van der Waals surface area contributed by atoms with Crippen molar-refractivity contribution in [2.75, 3.05) is 19.6 Å². The van der Waals surface area contributed by atoms with Gasteiger partial charge in [0.25, 0.3) is 0 Å². The fourth-order valence-electron chi connectivity index (χ4n) is 13.1. The van der Waals surface area contributed by atoms with Crippen LogP contribution in [0.15, 0.2) is 315 Å². The molecule has 0 heterocycles. The molecule has 0 aliphatic heterocycles. The Kier molecular flexibility index (Phi) is 12.1. The van der Waals surface area contributed by atoms with Crippen molar-refractivity contribution in [1.29, 1.82) is 0 Å². The number of anilines is 12. The van der Waals surface area contributed by atoms with E-state index in [0.29, 0.717) is 0 Å². The van der Waals surface area contributed by atoms with E-state index in [2.05, 4.69) is 349 Å². The van der Waals surface area contributed by atoms with E-state index in [0.717, 1.165) is 68.2 Å². The van der Waals surface area contributed by atoms with Crippen molar-refractivity contribution >= 4 is 68.2 Å². The van der Waals surface area contributed by atoms with Crippen LogP contribution in [0.1, 0.15) is 36.1 Å². The van der Waals surface area contributed by atoms with Gasteiger partial charge in [0.2, 0.25) is 0 Å². The first-order valence-electron chi connectivity index (χ1n) is 27.7. The zero-order chi connectivity index (χ0) is 53.6. The molecule has 382 valence electrons. The fourth-order valence-corrected chi connectivity index (χ4v) is 13.1. The molecule has 0 N–H and O–H groups in total. The molecule has 0 amide bonds. The first-order chi connectivity index (χ1) is 39.5. The van der Waals surface area contributed by atoms with Gasteiger partial charge in [0.05, 0.1) is 0 Å². The summed E-state index contributed by atoms with van der Waals surface area (Å²) >= 11 is 0. The predicted octanol–water partition coefficient (Wildman–Crippen LogP) is 20.8. The summed E-state index contributed by atoms with van der Waals surface area (Å²) in [7, 11) is 0. The summed E-state index contributed by atoms with van der Waals surface area (Å²) in [6.45, 7) is 5.10. The van der Waals surface area contributed by atoms with Gasteiger partial charge in [0.1, 0.15) is 0 Å². The second-order valence-electron chi connectivity index (χ2n) is 21.2. The molecule has 0 aromatic heterocycles. The Balaban J connectivity index is 1.07. The van der Waals surface area contributed by atoms with Crippen LogP contribution in [0.25, 0.3) is 22.3 Å². The summed E-state index contributed by atoms with van der Waals surface area (Å²) in [6.07, 6.45) is 0. The van der Waals surface area contributed by atoms with Crippen LogP contribution in [0, 0.1) is 0 Å². The molecule has 0 bridgehead atoms. The lowest BCUT2D eigenvalue weighted by atomic mass is 9.56. The molecular formula is C76H58N4. The van der Waals surface area contributed by atoms with Gasteiger partial charge in [-0.25, -0.2) is 0 Å². The van der Waals surface area contributed by atoms with Crippen LogP contribution in [0.5, 0.6) is 0 Å². The molecule has 0 atom stereocenters. The Bertz CT molecular complexity index is 3440. The molecule has 2 aliphatic rings. The van der Waals surface area contributed by atoms with Gasteiger partial charge in [-0.3, -0.25) is 0 Å². The van der Waals surface area contributed by atoms with Gasteiger partial charge in [-0.05, 0) is 190 Å². The highest BCUT2D eigenvalue weighted by Gasteiger charge is 2.58. The smallest absolute Gasteiger partial charge is 0.0465 e. The quantitative estimate of drug-likeness (QED) is 0.114. The normalized spacial score (nSPS) is 13.1. The summed E-state index contributed by atoms with van der Waals surface area (Å²) in [5.74, 6) is 0. The van der Waals surface area contributed by atoms with Crippen molar-refractivity contribution in [3.8, 4) is 22.3 Å². The lowest BCUT2D eigenvalue weighted by Crippen LogP contribution is -2.44. The number of hydrogen-bond donors (Lipinski definition) is 0. The maximum atomic E-state index is 2.55. The average Bonchev–Trinajstić information content (AvgIpc) is 2.61. The Hall–Kier alpha value is -10.2. The van der Waals surface area contributed by atoms with Crippen LogP contribution in [0.4, 0.5) is 68.2 Å². The maximum absolute atomic E-state index is 2.55. The Morgan fingerprint density at radius 2 is 0.325 bits per heavy atom. The first kappa shape index (κ1) is 48.2. The van der Waals surface area contributed by atoms with E-state index >= 15 is 0 Å². The molecule has 14 rings (SSSR count). The second-order valence-corrected chi connectivity index (χ2v) is 21.2. The second kappa shape index (κ2) is 20.0. The van der Waals surface area contributed by atoms with Crippen molar-refractivity contribution < 1.29 is 0 Å². The summed E-state index contributed by atoms with van der Waals surface area (Å²) in [6, 6.07) is 115. The number of rotatable bonds is 13. The van der Waals surface area contributed by atoms with E-state index < -0.39 is 10.8 Å². The van der Waals surface area contributed by atoms with E-state index in [4.69, 9.17) is 0 Å². The van der Waals surface area contributed by atoms with Gasteiger partial charge >= 0.3 is 0 Å². The molecule has 0 saturated carbocycles. The minimum absolute atomic E-state index is 0.701. The highest BCUT2D eigenvalue weighted by Crippen LogP contribution is 2.67. The van der Waals surface area contributed by atoms with Crippen molar-refractivity contribution in [3.05, 3.63) is 338 Å². The molecular weight excluding hydrogens is 969 g/mol. The molecule has 0 unspecified atom stereocenters. The molecule has 2 aliphatic carbocycles. The zero-order valence-corrected chi connectivity index (χ0v) is 44.8. The topological polar surface area (TPSA) is 13.0 Å². The third kappa shape index (κ3) is 7.98. The molecule has 4 heteroatoms. The van der Waals surface area contributed by atoms with Gasteiger partial charge in [0, 0.05) is 79.1 Å². The van der Waals surface area contributed by atoms with E-state index in [1.54, 1.807) is 0 Å². The van der Waals surface area contributed by atoms with Crippen LogP contribution < -0.4 is 19.6 Å². The molecule has 12 aromatic carbocycles. The average molecular weight is 1030 g/mol. The van der Waals surface area contributed by atoms with Crippen LogP contribution in [0.2, 0.25) is 0 Å². The number of nitrogens with zero attached hydrogens (tertiary/aromatic N) is 4. The Morgan fingerprint density at radius 1 is 0.175 bits per heavy atom. The van der Waals surface area contributed by atoms with Crippen molar-refractivity contribution in [3.63, 3.8) is 0 Å². The third-order valence-electron chi connectivity index (χ3n) is 16.9. The molecule has 0 spiro atoms. The van der Waals surface area contributed by atoms with Gasteiger partial charge in [0.15, 0.2) is 0 Å². The lowest BCUT2D eigenvalue weighted by Gasteiger charge is -2.46. The summed E-state index contributed by atoms with van der Waals surface area (Å²) in [4.78, 5) is 9.63. The SMILES string of the molecule is CC1(C2(C)c3cc(N(c4ccccc4)c4ccccc4)ccc3-c3ccc(N(c4ccccc4)c4ccccc4)cc32)c2cc(N(c3ccccc3)c3ccccc3)ccc2-c2ccc(N(c3ccccc3)c3ccccc3)cc21. The molecule has 0 fully saturated rings. The van der Waals surface area contributed by atoms with Gasteiger partial charge in [-0.1, -0.05) is 184 Å². The van der Waals surface area contributed by atoms with Gasteiger partial charge in [-0.15, -0.1) is 0 Å². The highest BCUT2D eigenvalue weighted by atomic mass is 15.2. The van der Waals surface area contributed by atoms with Crippen LogP contribution in [0.3, 0.4) is 0 Å². The van der Waals surface area contributed by atoms with Gasteiger partial charge in [-0.2, -0.15) is 0 Å². The Morgan fingerprint density at radius 3 is 0.475 bits per heavy atom. The molecule has 80 heavy (non-hydrogen) atoms. The zero-order valence-electron chi connectivity index (χ0n) is 44.8. The lowest BCUT2D eigenvalue weighted by molar-refractivity contribution is 0.376.